The average molecular weight is 424 g/mol. The average Bonchev–Trinajstić information content (AvgIpc) is 3.12. The van der Waals surface area contributed by atoms with Crippen LogP contribution in [0.5, 0.6) is 0 Å². The monoisotopic (exact) mass is 423 g/mol. The van der Waals surface area contributed by atoms with Crippen LogP contribution in [0.4, 0.5) is 14.5 Å². The summed E-state index contributed by atoms with van der Waals surface area (Å²) in [5, 5.41) is 4.78. The molecule has 0 bridgehead atoms. The van der Waals surface area contributed by atoms with E-state index >= 15 is 0 Å². The Balaban J connectivity index is 0.00000338. The molecule has 2 amide bonds. The third-order valence-electron chi connectivity index (χ3n) is 3.37. The number of imidazole rings is 1. The van der Waals surface area contributed by atoms with E-state index in [1.54, 1.807) is 35.4 Å². The predicted octanol–water partition coefficient (Wildman–Crippen LogP) is 2.08. The van der Waals surface area contributed by atoms with Gasteiger partial charge in [0.2, 0.25) is 5.91 Å². The van der Waals surface area contributed by atoms with Crippen LogP contribution in [0.1, 0.15) is 16.8 Å². The summed E-state index contributed by atoms with van der Waals surface area (Å²) in [7, 11) is 0. The number of halogens is 4. The zero-order valence-electron chi connectivity index (χ0n) is 14.2. The van der Waals surface area contributed by atoms with E-state index in [0.29, 0.717) is 12.2 Å². The van der Waals surface area contributed by atoms with Gasteiger partial charge in [0.1, 0.15) is 0 Å². The van der Waals surface area contributed by atoms with Gasteiger partial charge < -0.3 is 20.9 Å². The third kappa shape index (κ3) is 8.33. The quantitative estimate of drug-likeness (QED) is 0.604. The first-order valence-electron chi connectivity index (χ1n) is 7.61. The Morgan fingerprint density at radius 3 is 2.63 bits per heavy atom. The summed E-state index contributed by atoms with van der Waals surface area (Å²) in [4.78, 5) is 27.7. The maximum absolute atomic E-state index is 13.1. The molecule has 7 nitrogen and oxygen atoms in total. The zero-order valence-corrected chi connectivity index (χ0v) is 15.9. The van der Waals surface area contributed by atoms with E-state index in [2.05, 4.69) is 15.6 Å². The fourth-order valence-corrected chi connectivity index (χ4v) is 2.00. The molecule has 0 aliphatic heterocycles. The number of aryl methyl sites for hydroxylation is 1. The number of nitrogens with two attached hydrogens (primary N) is 1. The number of amides is 2. The number of carbonyl (C=O) groups is 2. The summed E-state index contributed by atoms with van der Waals surface area (Å²) in [5.41, 5.74) is 5.50. The second kappa shape index (κ2) is 11.5. The molecular weight excluding hydrogens is 403 g/mol. The van der Waals surface area contributed by atoms with Crippen LogP contribution in [0, 0.1) is 0 Å². The summed E-state index contributed by atoms with van der Waals surface area (Å²) in [6, 6.07) is 6.06. The number of anilines is 1. The second-order valence-corrected chi connectivity index (χ2v) is 5.42. The lowest BCUT2D eigenvalue weighted by atomic mass is 10.1. The predicted molar refractivity (Wildman–Crippen MR) is 103 cm³/mol. The Morgan fingerprint density at radius 1 is 1.26 bits per heavy atom. The Hall–Kier alpha value is -2.23. The van der Waals surface area contributed by atoms with E-state index in [1.165, 1.54) is 12.1 Å². The Bertz CT molecular complexity index is 729. The molecule has 1 aromatic carbocycles. The van der Waals surface area contributed by atoms with E-state index < -0.39 is 24.9 Å². The molecular formula is C16H21Cl2F2N5O2. The lowest BCUT2D eigenvalue weighted by Gasteiger charge is -2.14. The van der Waals surface area contributed by atoms with Crippen molar-refractivity contribution < 1.29 is 18.4 Å². The molecule has 2 rings (SSSR count). The molecule has 0 aliphatic carbocycles. The Kier molecular flexibility index (Phi) is 10.5. The number of rotatable bonds is 8. The van der Waals surface area contributed by atoms with Crippen molar-refractivity contribution in [2.24, 2.45) is 5.73 Å². The molecule has 0 unspecified atom stereocenters. The lowest BCUT2D eigenvalue weighted by molar-refractivity contribution is -0.116. The van der Waals surface area contributed by atoms with Crippen LogP contribution in [0.3, 0.4) is 0 Å². The van der Waals surface area contributed by atoms with Crippen LogP contribution in [0.15, 0.2) is 43.0 Å². The molecule has 11 heteroatoms. The SMILES string of the molecule is Cl.Cl.NCC(F)(F)CNC(=O)c1cccc(NC(=O)CCn2ccnc2)c1. The first-order valence-corrected chi connectivity index (χ1v) is 7.61. The topological polar surface area (TPSA) is 102 Å². The minimum absolute atomic E-state index is 0. The number of benzene rings is 1. The number of carbonyl (C=O) groups excluding carboxylic acids is 2. The van der Waals surface area contributed by atoms with Crippen molar-refractivity contribution in [3.05, 3.63) is 48.5 Å². The van der Waals surface area contributed by atoms with E-state index in [-0.39, 0.29) is 42.7 Å². The van der Waals surface area contributed by atoms with Gasteiger partial charge in [-0.2, -0.15) is 0 Å². The van der Waals surface area contributed by atoms with E-state index in [4.69, 9.17) is 5.73 Å². The summed E-state index contributed by atoms with van der Waals surface area (Å²) >= 11 is 0. The summed E-state index contributed by atoms with van der Waals surface area (Å²) < 4.78 is 27.9. The maximum atomic E-state index is 13.1. The van der Waals surface area contributed by atoms with Gasteiger partial charge in [-0.3, -0.25) is 9.59 Å². The highest BCUT2D eigenvalue weighted by Crippen LogP contribution is 2.13. The van der Waals surface area contributed by atoms with E-state index in [9.17, 15) is 18.4 Å². The van der Waals surface area contributed by atoms with Gasteiger partial charge in [0.15, 0.2) is 0 Å². The maximum Gasteiger partial charge on any atom is 0.277 e. The molecule has 1 heterocycles. The van der Waals surface area contributed by atoms with E-state index in [1.807, 2.05) is 0 Å². The van der Waals surface area contributed by atoms with Crippen molar-refractivity contribution in [1.29, 1.82) is 0 Å². The molecule has 0 radical (unpaired) electrons. The molecule has 4 N–H and O–H groups in total. The Labute approximate surface area is 167 Å². The van der Waals surface area contributed by atoms with Crippen molar-refractivity contribution in [3.63, 3.8) is 0 Å². The van der Waals surface area contributed by atoms with Crippen molar-refractivity contribution >= 4 is 42.3 Å². The first kappa shape index (κ1) is 24.8. The number of alkyl halides is 2. The minimum Gasteiger partial charge on any atom is -0.346 e. The van der Waals surface area contributed by atoms with Crippen LogP contribution < -0.4 is 16.4 Å². The number of hydrogen-bond acceptors (Lipinski definition) is 4. The van der Waals surface area contributed by atoms with Crippen LogP contribution in [-0.4, -0.2) is 40.4 Å². The molecule has 150 valence electrons. The normalized spacial score (nSPS) is 10.3. The van der Waals surface area contributed by atoms with Crippen LogP contribution >= 0.6 is 24.8 Å². The summed E-state index contributed by atoms with van der Waals surface area (Å²) in [6.07, 6.45) is 5.20. The molecule has 0 aliphatic rings. The lowest BCUT2D eigenvalue weighted by Crippen LogP contribution is -2.41. The summed E-state index contributed by atoms with van der Waals surface area (Å²) in [6.45, 7) is -1.22. The van der Waals surface area contributed by atoms with Crippen molar-refractivity contribution in [2.45, 2.75) is 18.9 Å². The van der Waals surface area contributed by atoms with Gasteiger partial charge in [-0.25, -0.2) is 13.8 Å². The molecule has 1 aromatic heterocycles. The van der Waals surface area contributed by atoms with E-state index in [0.717, 1.165) is 0 Å². The van der Waals surface area contributed by atoms with Gasteiger partial charge in [-0.1, -0.05) is 6.07 Å². The minimum atomic E-state index is -3.16. The molecule has 0 atom stereocenters. The van der Waals surface area contributed by atoms with Crippen LogP contribution in [-0.2, 0) is 11.3 Å². The van der Waals surface area contributed by atoms with Crippen molar-refractivity contribution in [3.8, 4) is 0 Å². The summed E-state index contributed by atoms with van der Waals surface area (Å²) in [5.74, 6) is -4.06. The highest BCUT2D eigenvalue weighted by molar-refractivity contribution is 5.97. The molecule has 0 saturated carbocycles. The van der Waals surface area contributed by atoms with Crippen molar-refractivity contribution in [1.82, 2.24) is 14.9 Å². The zero-order chi connectivity index (χ0) is 18.3. The van der Waals surface area contributed by atoms with Crippen LogP contribution in [0.2, 0.25) is 0 Å². The second-order valence-electron chi connectivity index (χ2n) is 5.42. The van der Waals surface area contributed by atoms with Crippen molar-refractivity contribution in [2.75, 3.05) is 18.4 Å². The van der Waals surface area contributed by atoms with Gasteiger partial charge >= 0.3 is 0 Å². The fraction of sp³-hybridized carbons (Fsp3) is 0.312. The molecule has 0 spiro atoms. The van der Waals surface area contributed by atoms with Gasteiger partial charge in [0.05, 0.1) is 19.4 Å². The number of aromatic nitrogens is 2. The fourth-order valence-electron chi connectivity index (χ4n) is 2.00. The Morgan fingerprint density at radius 2 is 2.00 bits per heavy atom. The van der Waals surface area contributed by atoms with Gasteiger partial charge in [-0.05, 0) is 18.2 Å². The number of nitrogens with zero attached hydrogens (tertiary/aromatic N) is 2. The highest BCUT2D eigenvalue weighted by Gasteiger charge is 2.27. The highest BCUT2D eigenvalue weighted by atomic mass is 35.5. The molecule has 0 fully saturated rings. The molecule has 2 aromatic rings. The van der Waals surface area contributed by atoms with Gasteiger partial charge in [-0.15, -0.1) is 24.8 Å². The third-order valence-corrected chi connectivity index (χ3v) is 3.37. The first-order chi connectivity index (χ1) is 11.9. The number of hydrogen-bond donors (Lipinski definition) is 3. The number of nitrogens with one attached hydrogen (secondary N) is 2. The van der Waals surface area contributed by atoms with Crippen LogP contribution in [0.25, 0.3) is 0 Å². The molecule has 0 saturated heterocycles. The van der Waals surface area contributed by atoms with Gasteiger partial charge in [0, 0.05) is 36.6 Å². The largest absolute Gasteiger partial charge is 0.346 e. The smallest absolute Gasteiger partial charge is 0.277 e. The molecule has 27 heavy (non-hydrogen) atoms. The standard InChI is InChI=1S/C16H19F2N5O2.2ClH/c17-16(18,9-19)10-21-15(25)12-2-1-3-13(8-12)22-14(24)4-6-23-7-5-20-11-23;;/h1-3,5,7-8,11H,4,6,9-10,19H2,(H,21,25)(H,22,24);2*1H. The van der Waals surface area contributed by atoms with Gasteiger partial charge in [0.25, 0.3) is 11.8 Å².